The number of benzene rings is 2. The van der Waals surface area contributed by atoms with Crippen LogP contribution in [-0.2, 0) is 0 Å². The van der Waals surface area contributed by atoms with Crippen molar-refractivity contribution in [2.45, 2.75) is 41.5 Å². The minimum Gasteiger partial charge on any atom is -0.357 e. The summed E-state index contributed by atoms with van der Waals surface area (Å²) < 4.78 is 0. The van der Waals surface area contributed by atoms with Gasteiger partial charge < -0.3 is 10.6 Å². The number of aryl methyl sites for hydroxylation is 4. The van der Waals surface area contributed by atoms with Gasteiger partial charge in [-0.3, -0.25) is 0 Å². The Kier molecular flexibility index (Phi) is 4.92. The lowest BCUT2D eigenvalue weighted by atomic mass is 10.1. The second kappa shape index (κ2) is 6.69. The molecule has 2 aromatic rings. The molecule has 0 saturated heterocycles. The summed E-state index contributed by atoms with van der Waals surface area (Å²) >= 11 is 0. The van der Waals surface area contributed by atoms with Crippen LogP contribution in [0.25, 0.3) is 0 Å². The maximum absolute atomic E-state index is 3.55. The molecule has 2 N–H and O–H groups in total. The number of rotatable bonds is 4. The highest BCUT2D eigenvalue weighted by atomic mass is 15.0. The maximum Gasteiger partial charge on any atom is 0.0441 e. The summed E-state index contributed by atoms with van der Waals surface area (Å²) in [7, 11) is 0. The van der Waals surface area contributed by atoms with E-state index >= 15 is 0 Å². The Labute approximate surface area is 134 Å². The van der Waals surface area contributed by atoms with Gasteiger partial charge in [0.15, 0.2) is 0 Å². The van der Waals surface area contributed by atoms with Gasteiger partial charge in [-0.2, -0.15) is 0 Å². The fraction of sp³-hybridized carbons (Fsp3) is 0.300. The summed E-state index contributed by atoms with van der Waals surface area (Å²) in [4.78, 5) is 0. The van der Waals surface area contributed by atoms with Crippen LogP contribution in [0.2, 0.25) is 0 Å². The first kappa shape index (κ1) is 16.2. The Morgan fingerprint density at radius 1 is 0.591 bits per heavy atom. The molecule has 0 saturated carbocycles. The van der Waals surface area contributed by atoms with E-state index in [1.165, 1.54) is 33.6 Å². The highest BCUT2D eigenvalue weighted by Crippen LogP contribution is 2.24. The van der Waals surface area contributed by atoms with Crippen molar-refractivity contribution in [2.75, 3.05) is 10.6 Å². The normalized spacial score (nSPS) is 11.9. The highest BCUT2D eigenvalue weighted by molar-refractivity contribution is 5.63. The van der Waals surface area contributed by atoms with E-state index in [9.17, 15) is 0 Å². The monoisotopic (exact) mass is 294 g/mol. The molecule has 0 radical (unpaired) electrons. The number of para-hydroxylation sites is 2. The third kappa shape index (κ3) is 3.51. The molecule has 0 unspecified atom stereocenters. The van der Waals surface area contributed by atoms with Crippen LogP contribution in [0.15, 0.2) is 47.8 Å². The summed E-state index contributed by atoms with van der Waals surface area (Å²) in [5.74, 6) is 0. The zero-order chi connectivity index (χ0) is 16.3. The summed E-state index contributed by atoms with van der Waals surface area (Å²) in [5.41, 5.74) is 9.72. The Hall–Kier alpha value is -2.22. The first-order valence-electron chi connectivity index (χ1n) is 7.74. The number of nitrogens with one attached hydrogen (secondary N) is 2. The topological polar surface area (TPSA) is 24.1 Å². The lowest BCUT2D eigenvalue weighted by Crippen LogP contribution is -2.08. The van der Waals surface area contributed by atoms with Crippen LogP contribution in [0.1, 0.15) is 36.1 Å². The molecule has 0 aromatic heterocycles. The molecule has 2 aromatic carbocycles. The van der Waals surface area contributed by atoms with Crippen LogP contribution in [0.3, 0.4) is 0 Å². The molecule has 0 fully saturated rings. The second-order valence-electron chi connectivity index (χ2n) is 6.03. The van der Waals surface area contributed by atoms with Gasteiger partial charge in [0.05, 0.1) is 0 Å². The minimum atomic E-state index is 1.14. The zero-order valence-corrected chi connectivity index (χ0v) is 14.5. The third-order valence-corrected chi connectivity index (χ3v) is 4.15. The molecule has 0 heterocycles. The van der Waals surface area contributed by atoms with Gasteiger partial charge in [-0.05, 0) is 63.8 Å². The molecule has 0 atom stereocenters. The van der Waals surface area contributed by atoms with Gasteiger partial charge in [-0.25, -0.2) is 0 Å². The first-order valence-corrected chi connectivity index (χ1v) is 7.74. The highest BCUT2D eigenvalue weighted by Gasteiger charge is 2.06. The summed E-state index contributed by atoms with van der Waals surface area (Å²) in [5, 5.41) is 7.11. The van der Waals surface area contributed by atoms with E-state index in [-0.39, 0.29) is 0 Å². The quantitative estimate of drug-likeness (QED) is 0.756. The molecular formula is C20H26N2. The molecule has 0 aliphatic heterocycles. The van der Waals surface area contributed by atoms with Crippen LogP contribution >= 0.6 is 0 Å². The largest absolute Gasteiger partial charge is 0.357 e. The van der Waals surface area contributed by atoms with Crippen LogP contribution < -0.4 is 10.6 Å². The van der Waals surface area contributed by atoms with E-state index in [2.05, 4.69) is 88.6 Å². The summed E-state index contributed by atoms with van der Waals surface area (Å²) in [6, 6.07) is 12.7. The molecule has 22 heavy (non-hydrogen) atoms. The van der Waals surface area contributed by atoms with Crippen molar-refractivity contribution in [3.63, 3.8) is 0 Å². The van der Waals surface area contributed by atoms with Crippen molar-refractivity contribution >= 4 is 11.4 Å². The van der Waals surface area contributed by atoms with Gasteiger partial charge in [0, 0.05) is 22.8 Å². The Bertz CT molecular complexity index is 610. The smallest absolute Gasteiger partial charge is 0.0441 e. The first-order chi connectivity index (χ1) is 10.4. The minimum absolute atomic E-state index is 1.14. The molecule has 0 bridgehead atoms. The lowest BCUT2D eigenvalue weighted by Gasteiger charge is -2.18. The van der Waals surface area contributed by atoms with Crippen molar-refractivity contribution < 1.29 is 0 Å². The van der Waals surface area contributed by atoms with E-state index in [0.717, 1.165) is 11.4 Å². The van der Waals surface area contributed by atoms with Crippen molar-refractivity contribution in [3.05, 3.63) is 70.0 Å². The maximum atomic E-state index is 3.55. The summed E-state index contributed by atoms with van der Waals surface area (Å²) in [6.07, 6.45) is 0. The number of hydrogen-bond donors (Lipinski definition) is 2. The second-order valence-corrected chi connectivity index (χ2v) is 6.03. The standard InChI is InChI=1S/C20H26N2/c1-13-9-7-10-14(2)19(13)21-17(5)18(6)22-20-15(3)11-8-12-16(20)4/h7-12,21-22H,1-6H3/b18-17-. The Balaban J connectivity index is 2.26. The molecule has 2 heteroatoms. The van der Waals surface area contributed by atoms with Crippen molar-refractivity contribution in [2.24, 2.45) is 0 Å². The molecule has 2 rings (SSSR count). The van der Waals surface area contributed by atoms with Crippen molar-refractivity contribution in [3.8, 4) is 0 Å². The fourth-order valence-electron chi connectivity index (χ4n) is 2.59. The van der Waals surface area contributed by atoms with Crippen molar-refractivity contribution in [1.29, 1.82) is 0 Å². The lowest BCUT2D eigenvalue weighted by molar-refractivity contribution is 1.20. The van der Waals surface area contributed by atoms with Gasteiger partial charge in [0.2, 0.25) is 0 Å². The predicted molar refractivity (Wildman–Crippen MR) is 97.5 cm³/mol. The molecule has 116 valence electrons. The Morgan fingerprint density at radius 2 is 0.864 bits per heavy atom. The Morgan fingerprint density at radius 3 is 1.14 bits per heavy atom. The van der Waals surface area contributed by atoms with Gasteiger partial charge >= 0.3 is 0 Å². The molecule has 2 nitrogen and oxygen atoms in total. The van der Waals surface area contributed by atoms with E-state index in [4.69, 9.17) is 0 Å². The molecular weight excluding hydrogens is 268 g/mol. The third-order valence-electron chi connectivity index (χ3n) is 4.15. The van der Waals surface area contributed by atoms with Crippen LogP contribution in [0, 0.1) is 27.7 Å². The van der Waals surface area contributed by atoms with Crippen molar-refractivity contribution in [1.82, 2.24) is 0 Å². The van der Waals surface area contributed by atoms with E-state index in [0.29, 0.717) is 0 Å². The summed E-state index contributed by atoms with van der Waals surface area (Å²) in [6.45, 7) is 12.8. The van der Waals surface area contributed by atoms with Crippen LogP contribution in [0.5, 0.6) is 0 Å². The molecule has 0 aliphatic carbocycles. The molecule has 0 aliphatic rings. The fourth-order valence-corrected chi connectivity index (χ4v) is 2.59. The predicted octanol–water partition coefficient (Wildman–Crippen LogP) is 5.70. The van der Waals surface area contributed by atoms with E-state index in [1.54, 1.807) is 0 Å². The number of anilines is 2. The van der Waals surface area contributed by atoms with E-state index in [1.807, 2.05) is 0 Å². The average Bonchev–Trinajstić information content (AvgIpc) is 2.46. The van der Waals surface area contributed by atoms with Crippen LogP contribution in [-0.4, -0.2) is 0 Å². The molecule has 0 amide bonds. The van der Waals surface area contributed by atoms with Gasteiger partial charge in [-0.15, -0.1) is 0 Å². The van der Waals surface area contributed by atoms with Gasteiger partial charge in [-0.1, -0.05) is 36.4 Å². The average molecular weight is 294 g/mol. The van der Waals surface area contributed by atoms with E-state index < -0.39 is 0 Å². The number of hydrogen-bond acceptors (Lipinski definition) is 2. The van der Waals surface area contributed by atoms with Gasteiger partial charge in [0.25, 0.3) is 0 Å². The van der Waals surface area contributed by atoms with Gasteiger partial charge in [0.1, 0.15) is 0 Å². The number of allylic oxidation sites excluding steroid dienone is 2. The SMILES string of the molecule is C/C(Nc1c(C)cccc1C)=C(\C)Nc1c(C)cccc1C. The zero-order valence-electron chi connectivity index (χ0n) is 14.5. The molecule has 0 spiro atoms. The van der Waals surface area contributed by atoms with Crippen LogP contribution in [0.4, 0.5) is 11.4 Å².